The van der Waals surface area contributed by atoms with Gasteiger partial charge in [0.05, 0.1) is 12.2 Å². The van der Waals surface area contributed by atoms with Crippen LogP contribution in [0.1, 0.15) is 36.9 Å². The van der Waals surface area contributed by atoms with Gasteiger partial charge in [0.1, 0.15) is 9.71 Å². The number of ether oxygens (including phenoxy) is 1. The number of carbonyl (C=O) groups excluding carboxylic acids is 3. The summed E-state index contributed by atoms with van der Waals surface area (Å²) in [5.74, 6) is -1.15. The second-order valence-corrected chi connectivity index (χ2v) is 9.49. The number of nitrogens with one attached hydrogen (secondary N) is 1. The van der Waals surface area contributed by atoms with Crippen molar-refractivity contribution in [2.45, 2.75) is 20.4 Å². The predicted molar refractivity (Wildman–Crippen MR) is 136 cm³/mol. The molecular formula is C26H26N4O4S. The zero-order valence-corrected chi connectivity index (χ0v) is 20.8. The minimum atomic E-state index is -0.561. The van der Waals surface area contributed by atoms with Crippen molar-refractivity contribution >= 4 is 45.0 Å². The van der Waals surface area contributed by atoms with E-state index in [9.17, 15) is 14.4 Å². The molecule has 8 nitrogen and oxygen atoms in total. The number of esters is 1. The number of thiophene rings is 1. The van der Waals surface area contributed by atoms with Crippen LogP contribution < -0.4 is 5.32 Å². The Morgan fingerprint density at radius 3 is 2.37 bits per heavy atom. The van der Waals surface area contributed by atoms with Crippen LogP contribution in [0.4, 0.5) is 5.69 Å². The predicted octanol–water partition coefficient (Wildman–Crippen LogP) is 4.26. The second kappa shape index (κ2) is 10.1. The summed E-state index contributed by atoms with van der Waals surface area (Å²) < 4.78 is 7.12. The van der Waals surface area contributed by atoms with Crippen LogP contribution in [0, 0.1) is 13.8 Å². The molecule has 180 valence electrons. The van der Waals surface area contributed by atoms with Gasteiger partial charge in [0, 0.05) is 30.7 Å². The summed E-state index contributed by atoms with van der Waals surface area (Å²) in [5, 5.41) is 8.16. The van der Waals surface area contributed by atoms with Crippen molar-refractivity contribution in [1.29, 1.82) is 0 Å². The summed E-state index contributed by atoms with van der Waals surface area (Å²) in [6, 6.07) is 16.5. The lowest BCUT2D eigenvalue weighted by Crippen LogP contribution is -2.22. The highest BCUT2D eigenvalue weighted by molar-refractivity contribution is 7.20. The smallest absolute Gasteiger partial charge is 0.348 e. The Kier molecular flexibility index (Phi) is 6.97. The van der Waals surface area contributed by atoms with Gasteiger partial charge in [0.15, 0.2) is 6.61 Å². The van der Waals surface area contributed by atoms with E-state index in [-0.39, 0.29) is 5.91 Å². The van der Waals surface area contributed by atoms with Gasteiger partial charge < -0.3 is 15.0 Å². The molecule has 2 amide bonds. The summed E-state index contributed by atoms with van der Waals surface area (Å²) in [4.78, 5) is 39.6. The van der Waals surface area contributed by atoms with Crippen LogP contribution in [-0.2, 0) is 16.1 Å². The molecule has 0 aliphatic rings. The van der Waals surface area contributed by atoms with Gasteiger partial charge in [0.25, 0.3) is 11.8 Å². The Morgan fingerprint density at radius 1 is 1.03 bits per heavy atom. The van der Waals surface area contributed by atoms with Crippen LogP contribution in [0.15, 0.2) is 54.6 Å². The van der Waals surface area contributed by atoms with Gasteiger partial charge in [-0.2, -0.15) is 5.10 Å². The first-order chi connectivity index (χ1) is 16.7. The molecule has 0 atom stereocenters. The fourth-order valence-electron chi connectivity index (χ4n) is 3.54. The highest BCUT2D eigenvalue weighted by Crippen LogP contribution is 2.29. The largest absolute Gasteiger partial charge is 0.451 e. The zero-order valence-electron chi connectivity index (χ0n) is 20.0. The standard InChI is InChI=1S/C26H26N4O4S/c1-16-5-7-18(8-6-16)14-30-25-21(17(2)28-30)13-22(35-25)26(33)34-15-23(31)27-20-11-9-19(10-12-20)24(32)29(3)4/h5-13H,14-15H2,1-4H3,(H,27,31). The maximum Gasteiger partial charge on any atom is 0.348 e. The van der Waals surface area contributed by atoms with E-state index < -0.39 is 18.5 Å². The molecule has 0 spiro atoms. The molecule has 0 unspecified atom stereocenters. The molecule has 2 aromatic heterocycles. The molecule has 1 N–H and O–H groups in total. The number of nitrogens with zero attached hydrogens (tertiary/aromatic N) is 3. The van der Waals surface area contributed by atoms with Crippen molar-refractivity contribution in [3.63, 3.8) is 0 Å². The first kappa shape index (κ1) is 24.2. The third-order valence-corrected chi connectivity index (χ3v) is 6.55. The van der Waals surface area contributed by atoms with Gasteiger partial charge in [-0.15, -0.1) is 11.3 Å². The Hall–Kier alpha value is -3.98. The molecule has 4 rings (SSSR count). The Bertz CT molecular complexity index is 1390. The molecule has 0 aliphatic heterocycles. The maximum absolute atomic E-state index is 12.6. The maximum atomic E-state index is 12.6. The number of hydrogen-bond donors (Lipinski definition) is 1. The molecule has 2 aromatic carbocycles. The first-order valence-corrected chi connectivity index (χ1v) is 11.8. The average Bonchev–Trinajstić information content (AvgIpc) is 3.40. The van der Waals surface area contributed by atoms with Gasteiger partial charge in [-0.05, 0) is 49.7 Å². The Labute approximate surface area is 207 Å². The molecule has 0 aliphatic carbocycles. The van der Waals surface area contributed by atoms with Crippen LogP contribution in [0.3, 0.4) is 0 Å². The number of amides is 2. The van der Waals surface area contributed by atoms with E-state index in [1.807, 2.05) is 18.5 Å². The summed E-state index contributed by atoms with van der Waals surface area (Å²) in [6.07, 6.45) is 0. The number of hydrogen-bond acceptors (Lipinski definition) is 6. The lowest BCUT2D eigenvalue weighted by Gasteiger charge is -2.11. The van der Waals surface area contributed by atoms with Gasteiger partial charge >= 0.3 is 5.97 Å². The van der Waals surface area contributed by atoms with Gasteiger partial charge in [-0.3, -0.25) is 14.3 Å². The van der Waals surface area contributed by atoms with Gasteiger partial charge in [-0.25, -0.2) is 4.79 Å². The number of aryl methyl sites for hydroxylation is 2. The van der Waals surface area contributed by atoms with Gasteiger partial charge in [-0.1, -0.05) is 29.8 Å². The summed E-state index contributed by atoms with van der Waals surface area (Å²) in [7, 11) is 3.34. The van der Waals surface area contributed by atoms with E-state index in [0.717, 1.165) is 21.5 Å². The molecule has 4 aromatic rings. The average molecular weight is 491 g/mol. The highest BCUT2D eigenvalue weighted by Gasteiger charge is 2.18. The van der Waals surface area contributed by atoms with Crippen molar-refractivity contribution in [3.8, 4) is 0 Å². The monoisotopic (exact) mass is 490 g/mol. The number of carbonyl (C=O) groups is 3. The number of aromatic nitrogens is 2. The van der Waals surface area contributed by atoms with Crippen molar-refractivity contribution in [2.24, 2.45) is 0 Å². The van der Waals surface area contributed by atoms with Crippen LogP contribution in [0.25, 0.3) is 10.2 Å². The number of rotatable bonds is 7. The minimum absolute atomic E-state index is 0.127. The summed E-state index contributed by atoms with van der Waals surface area (Å²) in [5.41, 5.74) is 4.16. The molecule has 35 heavy (non-hydrogen) atoms. The lowest BCUT2D eigenvalue weighted by atomic mass is 10.1. The van der Waals surface area contributed by atoms with Crippen LogP contribution in [0.5, 0.6) is 0 Å². The normalized spacial score (nSPS) is 10.9. The molecule has 0 saturated heterocycles. The third kappa shape index (κ3) is 5.58. The highest BCUT2D eigenvalue weighted by atomic mass is 32.1. The molecule has 0 bridgehead atoms. The summed E-state index contributed by atoms with van der Waals surface area (Å²) in [6.45, 7) is 4.13. The lowest BCUT2D eigenvalue weighted by molar-refractivity contribution is -0.119. The number of fused-ring (bicyclic) bond motifs is 1. The fourth-order valence-corrected chi connectivity index (χ4v) is 4.60. The molecule has 0 saturated carbocycles. The van der Waals surface area contributed by atoms with E-state index >= 15 is 0 Å². The molecular weight excluding hydrogens is 464 g/mol. The SMILES string of the molecule is Cc1ccc(Cn2nc(C)c3cc(C(=O)OCC(=O)Nc4ccc(C(=O)N(C)C)cc4)sc32)cc1. The van der Waals surface area contributed by atoms with E-state index in [1.165, 1.54) is 21.8 Å². The van der Waals surface area contributed by atoms with Crippen LogP contribution in [-0.4, -0.2) is 53.2 Å². The summed E-state index contributed by atoms with van der Waals surface area (Å²) >= 11 is 1.30. The van der Waals surface area contributed by atoms with Crippen LogP contribution >= 0.6 is 11.3 Å². The topological polar surface area (TPSA) is 93.5 Å². The minimum Gasteiger partial charge on any atom is -0.451 e. The van der Waals surface area contributed by atoms with Crippen molar-refractivity contribution in [1.82, 2.24) is 14.7 Å². The molecule has 9 heteroatoms. The second-order valence-electron chi connectivity index (χ2n) is 8.46. The van der Waals surface area contributed by atoms with Crippen molar-refractivity contribution < 1.29 is 19.1 Å². The van der Waals surface area contributed by atoms with Crippen molar-refractivity contribution in [3.05, 3.63) is 81.9 Å². The van der Waals surface area contributed by atoms with E-state index in [4.69, 9.17) is 4.74 Å². The Morgan fingerprint density at radius 2 is 1.71 bits per heavy atom. The molecule has 0 radical (unpaired) electrons. The first-order valence-electron chi connectivity index (χ1n) is 11.0. The molecule has 0 fully saturated rings. The van der Waals surface area contributed by atoms with E-state index in [1.54, 1.807) is 44.4 Å². The molecule has 2 heterocycles. The Balaban J connectivity index is 1.37. The van der Waals surface area contributed by atoms with Crippen molar-refractivity contribution in [2.75, 3.05) is 26.0 Å². The zero-order chi connectivity index (χ0) is 25.1. The number of anilines is 1. The van der Waals surface area contributed by atoms with Crippen LogP contribution in [0.2, 0.25) is 0 Å². The van der Waals surface area contributed by atoms with Gasteiger partial charge in [0.2, 0.25) is 0 Å². The number of benzene rings is 2. The fraction of sp³-hybridized carbons (Fsp3) is 0.231. The third-order valence-electron chi connectivity index (χ3n) is 5.42. The van der Waals surface area contributed by atoms with E-state index in [0.29, 0.717) is 22.7 Å². The van der Waals surface area contributed by atoms with E-state index in [2.05, 4.69) is 34.7 Å². The quantitative estimate of drug-likeness (QED) is 0.391.